The van der Waals surface area contributed by atoms with Gasteiger partial charge in [0, 0.05) is 24.3 Å². The van der Waals surface area contributed by atoms with Gasteiger partial charge in [-0.05, 0) is 25.0 Å². The van der Waals surface area contributed by atoms with Gasteiger partial charge >= 0.3 is 0 Å². The topological polar surface area (TPSA) is 153 Å². The van der Waals surface area contributed by atoms with Crippen LogP contribution in [0.3, 0.4) is 0 Å². The molecule has 2 aromatic rings. The number of hydrogen-bond donors (Lipinski definition) is 1. The third kappa shape index (κ3) is 5.25. The second-order valence-electron chi connectivity index (χ2n) is 6.30. The minimum absolute atomic E-state index is 0.00684. The van der Waals surface area contributed by atoms with Crippen LogP contribution in [0.15, 0.2) is 36.4 Å². The first-order valence-corrected chi connectivity index (χ1v) is 10.0. The summed E-state index contributed by atoms with van der Waals surface area (Å²) < 4.78 is 25.2. The number of carbonyl (C=O) groups excluding carboxylic acids is 1. The summed E-state index contributed by atoms with van der Waals surface area (Å²) >= 11 is 0. The second-order valence-corrected chi connectivity index (χ2v) is 8.21. The van der Waals surface area contributed by atoms with Crippen LogP contribution in [0.4, 0.5) is 22.7 Å². The van der Waals surface area contributed by atoms with Gasteiger partial charge in [-0.15, -0.1) is 0 Å². The van der Waals surface area contributed by atoms with E-state index in [2.05, 4.69) is 5.32 Å². The molecule has 12 heteroatoms. The third-order valence-electron chi connectivity index (χ3n) is 4.07. The van der Waals surface area contributed by atoms with Gasteiger partial charge in [-0.25, -0.2) is 8.42 Å². The van der Waals surface area contributed by atoms with E-state index in [0.29, 0.717) is 11.1 Å². The predicted molar refractivity (Wildman–Crippen MR) is 106 cm³/mol. The number of carbonyl (C=O) groups is 1. The highest BCUT2D eigenvalue weighted by Gasteiger charge is 2.25. The van der Waals surface area contributed by atoms with Gasteiger partial charge in [0.25, 0.3) is 11.4 Å². The van der Waals surface area contributed by atoms with Crippen LogP contribution in [0, 0.1) is 34.1 Å². The predicted octanol–water partition coefficient (Wildman–Crippen LogP) is 2.52. The minimum Gasteiger partial charge on any atom is -0.324 e. The lowest BCUT2D eigenvalue weighted by molar-refractivity contribution is -0.385. The van der Waals surface area contributed by atoms with Crippen molar-refractivity contribution in [2.45, 2.75) is 13.8 Å². The van der Waals surface area contributed by atoms with Crippen LogP contribution in [0.25, 0.3) is 0 Å². The Bertz CT molecular complexity index is 1100. The zero-order chi connectivity index (χ0) is 21.9. The largest absolute Gasteiger partial charge is 0.324 e. The van der Waals surface area contributed by atoms with Crippen LogP contribution < -0.4 is 9.62 Å². The Morgan fingerprint density at radius 2 is 1.52 bits per heavy atom. The summed E-state index contributed by atoms with van der Waals surface area (Å²) in [6.45, 7) is 2.52. The van der Waals surface area contributed by atoms with Gasteiger partial charge in [0.05, 0.1) is 27.5 Å². The van der Waals surface area contributed by atoms with E-state index >= 15 is 0 Å². The van der Waals surface area contributed by atoms with Crippen molar-refractivity contribution < 1.29 is 23.1 Å². The van der Waals surface area contributed by atoms with Gasteiger partial charge in [0.1, 0.15) is 6.54 Å². The van der Waals surface area contributed by atoms with Crippen LogP contribution in [0.2, 0.25) is 0 Å². The molecule has 11 nitrogen and oxygen atoms in total. The molecule has 0 radical (unpaired) electrons. The number of benzene rings is 2. The molecule has 0 aliphatic heterocycles. The maximum absolute atomic E-state index is 12.5. The Balaban J connectivity index is 2.37. The molecule has 0 heterocycles. The molecule has 0 saturated heterocycles. The van der Waals surface area contributed by atoms with E-state index in [1.807, 2.05) is 0 Å². The molecular formula is C17H18N4O7S. The molecule has 0 bridgehead atoms. The normalized spacial score (nSPS) is 11.0. The lowest BCUT2D eigenvalue weighted by Gasteiger charge is -2.23. The first-order valence-electron chi connectivity index (χ1n) is 8.18. The summed E-state index contributed by atoms with van der Waals surface area (Å²) in [7, 11) is -3.96. The van der Waals surface area contributed by atoms with Gasteiger partial charge in [-0.3, -0.25) is 29.3 Å². The fourth-order valence-corrected chi connectivity index (χ4v) is 3.45. The highest BCUT2D eigenvalue weighted by Crippen LogP contribution is 2.28. The summed E-state index contributed by atoms with van der Waals surface area (Å²) in [6, 6.07) is 7.58. The Morgan fingerprint density at radius 1 is 1.00 bits per heavy atom. The van der Waals surface area contributed by atoms with Crippen LogP contribution in [0.1, 0.15) is 11.1 Å². The first kappa shape index (κ1) is 21.8. The molecule has 0 fully saturated rings. The fraction of sp³-hybridized carbons (Fsp3) is 0.235. The molecule has 0 unspecified atom stereocenters. The van der Waals surface area contributed by atoms with Crippen molar-refractivity contribution in [1.82, 2.24) is 0 Å². The molecule has 0 atom stereocenters. The Morgan fingerprint density at radius 3 is 2.03 bits per heavy atom. The molecule has 0 aromatic heterocycles. The molecule has 0 saturated carbocycles. The lowest BCUT2D eigenvalue weighted by Crippen LogP contribution is -2.38. The number of nitro groups is 2. The number of amides is 1. The zero-order valence-electron chi connectivity index (χ0n) is 15.8. The van der Waals surface area contributed by atoms with Crippen LogP contribution in [-0.2, 0) is 14.8 Å². The maximum Gasteiger partial charge on any atom is 0.271 e. The summed E-state index contributed by atoms with van der Waals surface area (Å²) in [5.41, 5.74) is 0.553. The average Bonchev–Trinajstić information content (AvgIpc) is 2.61. The quantitative estimate of drug-likeness (QED) is 0.531. The first-order chi connectivity index (χ1) is 13.4. The smallest absolute Gasteiger partial charge is 0.271 e. The number of non-ortho nitro benzene ring substituents is 2. The average molecular weight is 422 g/mol. The highest BCUT2D eigenvalue weighted by atomic mass is 32.2. The molecular weight excluding hydrogens is 404 g/mol. The molecule has 0 aliphatic rings. The summed E-state index contributed by atoms with van der Waals surface area (Å²) in [4.78, 5) is 33.1. The number of nitrogens with zero attached hydrogens (tertiary/aromatic N) is 3. The van der Waals surface area contributed by atoms with E-state index in [9.17, 15) is 33.4 Å². The van der Waals surface area contributed by atoms with E-state index in [1.54, 1.807) is 13.8 Å². The second kappa shape index (κ2) is 8.22. The molecule has 29 heavy (non-hydrogen) atoms. The van der Waals surface area contributed by atoms with E-state index < -0.39 is 32.3 Å². The van der Waals surface area contributed by atoms with E-state index in [-0.39, 0.29) is 22.7 Å². The fourth-order valence-electron chi connectivity index (χ4n) is 2.54. The summed E-state index contributed by atoms with van der Waals surface area (Å²) in [5, 5.41) is 24.4. The van der Waals surface area contributed by atoms with Gasteiger partial charge < -0.3 is 5.32 Å². The molecule has 0 spiro atoms. The van der Waals surface area contributed by atoms with Crippen molar-refractivity contribution in [3.8, 4) is 0 Å². The molecule has 2 rings (SSSR count). The van der Waals surface area contributed by atoms with E-state index in [1.165, 1.54) is 24.3 Å². The highest BCUT2D eigenvalue weighted by molar-refractivity contribution is 7.92. The van der Waals surface area contributed by atoms with Crippen molar-refractivity contribution in [1.29, 1.82) is 0 Å². The van der Waals surface area contributed by atoms with Gasteiger partial charge in [0.15, 0.2) is 0 Å². The number of aryl methyl sites for hydroxylation is 2. The number of hydrogen-bond acceptors (Lipinski definition) is 7. The summed E-state index contributed by atoms with van der Waals surface area (Å²) in [6.07, 6.45) is 0.872. The van der Waals surface area contributed by atoms with Crippen molar-refractivity contribution in [3.05, 3.63) is 67.8 Å². The number of nitro benzene ring substituents is 2. The number of sulfonamides is 1. The molecule has 2 aromatic carbocycles. The van der Waals surface area contributed by atoms with Gasteiger partial charge in [-0.2, -0.15) is 0 Å². The third-order valence-corrected chi connectivity index (χ3v) is 5.19. The van der Waals surface area contributed by atoms with E-state index in [4.69, 9.17) is 0 Å². The van der Waals surface area contributed by atoms with Crippen LogP contribution >= 0.6 is 0 Å². The number of rotatable bonds is 7. The molecule has 1 N–H and O–H groups in total. The van der Waals surface area contributed by atoms with Gasteiger partial charge in [-0.1, -0.05) is 12.1 Å². The minimum atomic E-state index is -3.96. The van der Waals surface area contributed by atoms with Crippen molar-refractivity contribution in [2.24, 2.45) is 0 Å². The number of anilines is 2. The van der Waals surface area contributed by atoms with Crippen LogP contribution in [-0.4, -0.2) is 37.0 Å². The molecule has 154 valence electrons. The standard InChI is InChI=1S/C17H18N4O7S/c1-11-4-6-13(20(23)24)8-15(11)18-17(22)10-19(29(3,27)28)16-9-14(21(25)26)7-5-12(16)2/h4-9H,10H2,1-3H3,(H,18,22). The zero-order valence-corrected chi connectivity index (χ0v) is 16.6. The Hall–Kier alpha value is -3.54. The molecule has 1 amide bonds. The summed E-state index contributed by atoms with van der Waals surface area (Å²) in [5.74, 6) is -0.759. The van der Waals surface area contributed by atoms with Crippen molar-refractivity contribution >= 4 is 38.7 Å². The van der Waals surface area contributed by atoms with Gasteiger partial charge in [0.2, 0.25) is 15.9 Å². The van der Waals surface area contributed by atoms with Crippen LogP contribution in [0.5, 0.6) is 0 Å². The lowest BCUT2D eigenvalue weighted by atomic mass is 10.1. The Kier molecular flexibility index (Phi) is 6.17. The monoisotopic (exact) mass is 422 g/mol. The molecule has 0 aliphatic carbocycles. The van der Waals surface area contributed by atoms with E-state index in [0.717, 1.165) is 22.7 Å². The van der Waals surface area contributed by atoms with Crippen molar-refractivity contribution in [3.63, 3.8) is 0 Å². The maximum atomic E-state index is 12.5. The Labute approximate surface area is 166 Å². The van der Waals surface area contributed by atoms with Crippen molar-refractivity contribution in [2.75, 3.05) is 22.4 Å². The SMILES string of the molecule is Cc1ccc([N+](=O)[O-])cc1NC(=O)CN(c1cc([N+](=O)[O-])ccc1C)S(C)(=O)=O. The number of nitrogens with one attached hydrogen (secondary N) is 1.